The third-order valence-corrected chi connectivity index (χ3v) is 2.56. The van der Waals surface area contributed by atoms with Crippen molar-refractivity contribution in [2.75, 3.05) is 13.1 Å². The number of oxazole rings is 1. The maximum atomic E-state index is 11.5. The SMILES string of the molecule is C#CC1CC(=O)N(CCc2cnco2)C1. The van der Waals surface area contributed by atoms with Crippen LogP contribution in [0.2, 0.25) is 0 Å². The molecule has 78 valence electrons. The zero-order valence-electron chi connectivity index (χ0n) is 8.35. The molecule has 4 heteroatoms. The molecule has 2 heterocycles. The van der Waals surface area contributed by atoms with Crippen LogP contribution in [0, 0.1) is 18.3 Å². The molecule has 1 atom stereocenters. The van der Waals surface area contributed by atoms with Gasteiger partial charge in [0, 0.05) is 31.8 Å². The predicted octanol–water partition coefficient (Wildman–Crippen LogP) is 0.699. The molecule has 15 heavy (non-hydrogen) atoms. The van der Waals surface area contributed by atoms with Crippen molar-refractivity contribution in [3.63, 3.8) is 0 Å². The monoisotopic (exact) mass is 204 g/mol. The third kappa shape index (κ3) is 2.18. The van der Waals surface area contributed by atoms with Crippen LogP contribution >= 0.6 is 0 Å². The smallest absolute Gasteiger partial charge is 0.223 e. The standard InChI is InChI=1S/C11H12N2O2/c1-2-9-5-11(14)13(7-9)4-3-10-6-12-8-15-10/h1,6,8-9H,3-5,7H2. The summed E-state index contributed by atoms with van der Waals surface area (Å²) in [6.07, 6.45) is 9.53. The van der Waals surface area contributed by atoms with Crippen LogP contribution in [0.5, 0.6) is 0 Å². The van der Waals surface area contributed by atoms with Gasteiger partial charge in [-0.2, -0.15) is 0 Å². The summed E-state index contributed by atoms with van der Waals surface area (Å²) in [5.74, 6) is 3.63. The fraction of sp³-hybridized carbons (Fsp3) is 0.455. The zero-order valence-corrected chi connectivity index (χ0v) is 8.35. The van der Waals surface area contributed by atoms with Crippen LogP contribution in [0.15, 0.2) is 17.0 Å². The first-order valence-electron chi connectivity index (χ1n) is 4.91. The highest BCUT2D eigenvalue weighted by molar-refractivity contribution is 5.79. The van der Waals surface area contributed by atoms with E-state index in [1.54, 1.807) is 11.1 Å². The number of rotatable bonds is 3. The summed E-state index contributed by atoms with van der Waals surface area (Å²) < 4.78 is 5.09. The minimum atomic E-state index is 0.0761. The fourth-order valence-corrected chi connectivity index (χ4v) is 1.71. The van der Waals surface area contributed by atoms with Gasteiger partial charge in [0.1, 0.15) is 5.76 Å². The molecule has 0 aromatic carbocycles. The van der Waals surface area contributed by atoms with E-state index in [1.807, 2.05) is 0 Å². The first-order chi connectivity index (χ1) is 7.29. The lowest BCUT2D eigenvalue weighted by Gasteiger charge is -2.14. The summed E-state index contributed by atoms with van der Waals surface area (Å²) in [7, 11) is 0. The molecule has 1 aliphatic rings. The van der Waals surface area contributed by atoms with Crippen LogP contribution in [0.1, 0.15) is 12.2 Å². The molecule has 0 N–H and O–H groups in total. The van der Waals surface area contributed by atoms with Crippen LogP contribution in [0.25, 0.3) is 0 Å². The largest absolute Gasteiger partial charge is 0.448 e. The van der Waals surface area contributed by atoms with Crippen molar-refractivity contribution in [2.45, 2.75) is 12.8 Å². The van der Waals surface area contributed by atoms with Crippen molar-refractivity contribution >= 4 is 5.91 Å². The number of aromatic nitrogens is 1. The Morgan fingerprint density at radius 3 is 3.20 bits per heavy atom. The second-order valence-electron chi connectivity index (χ2n) is 3.63. The highest BCUT2D eigenvalue weighted by Gasteiger charge is 2.27. The van der Waals surface area contributed by atoms with Gasteiger partial charge in [-0.3, -0.25) is 4.79 Å². The molecule has 1 aliphatic heterocycles. The van der Waals surface area contributed by atoms with E-state index in [1.165, 1.54) is 6.39 Å². The van der Waals surface area contributed by atoms with Crippen molar-refractivity contribution in [1.29, 1.82) is 0 Å². The first kappa shape index (κ1) is 9.78. The molecular weight excluding hydrogens is 192 g/mol. The lowest BCUT2D eigenvalue weighted by molar-refractivity contribution is -0.127. The maximum absolute atomic E-state index is 11.5. The predicted molar refractivity (Wildman–Crippen MR) is 53.7 cm³/mol. The highest BCUT2D eigenvalue weighted by atomic mass is 16.3. The molecule has 1 unspecified atom stereocenters. The first-order valence-corrected chi connectivity index (χ1v) is 4.91. The van der Waals surface area contributed by atoms with Crippen molar-refractivity contribution in [3.05, 3.63) is 18.4 Å². The Balaban J connectivity index is 1.86. The topological polar surface area (TPSA) is 46.3 Å². The lowest BCUT2D eigenvalue weighted by Crippen LogP contribution is -2.27. The Kier molecular flexibility index (Phi) is 2.72. The van der Waals surface area contributed by atoms with Gasteiger partial charge in [0.25, 0.3) is 0 Å². The Morgan fingerprint density at radius 1 is 1.73 bits per heavy atom. The quantitative estimate of drug-likeness (QED) is 0.681. The van der Waals surface area contributed by atoms with Gasteiger partial charge >= 0.3 is 0 Å². The van der Waals surface area contributed by atoms with Crippen molar-refractivity contribution in [3.8, 4) is 12.3 Å². The van der Waals surface area contributed by atoms with Gasteiger partial charge < -0.3 is 9.32 Å². The minimum Gasteiger partial charge on any atom is -0.448 e. The van der Waals surface area contributed by atoms with Crippen LogP contribution in [-0.2, 0) is 11.2 Å². The Labute approximate surface area is 88.3 Å². The maximum Gasteiger partial charge on any atom is 0.223 e. The summed E-state index contributed by atoms with van der Waals surface area (Å²) in [6, 6.07) is 0. The van der Waals surface area contributed by atoms with Crippen LogP contribution in [0.4, 0.5) is 0 Å². The highest BCUT2D eigenvalue weighted by Crippen LogP contribution is 2.16. The molecular formula is C11H12N2O2. The van der Waals surface area contributed by atoms with Crippen molar-refractivity contribution in [1.82, 2.24) is 9.88 Å². The molecule has 4 nitrogen and oxygen atoms in total. The van der Waals surface area contributed by atoms with Gasteiger partial charge in [-0.15, -0.1) is 12.3 Å². The summed E-state index contributed by atoms with van der Waals surface area (Å²) in [5.41, 5.74) is 0. The van der Waals surface area contributed by atoms with Crippen LogP contribution < -0.4 is 0 Å². The summed E-state index contributed by atoms with van der Waals surface area (Å²) in [6.45, 7) is 1.33. The fourth-order valence-electron chi connectivity index (χ4n) is 1.71. The average Bonchev–Trinajstić information content (AvgIpc) is 2.84. The zero-order chi connectivity index (χ0) is 10.7. The molecule has 1 aromatic heterocycles. The third-order valence-electron chi connectivity index (χ3n) is 2.56. The number of carbonyl (C=O) groups is 1. The van der Waals surface area contributed by atoms with E-state index in [2.05, 4.69) is 10.9 Å². The van der Waals surface area contributed by atoms with Gasteiger partial charge in [-0.05, 0) is 0 Å². The Morgan fingerprint density at radius 2 is 2.60 bits per heavy atom. The molecule has 0 spiro atoms. The van der Waals surface area contributed by atoms with E-state index in [9.17, 15) is 4.79 Å². The van der Waals surface area contributed by atoms with E-state index >= 15 is 0 Å². The Hall–Kier alpha value is -1.76. The number of nitrogens with zero attached hydrogens (tertiary/aromatic N) is 2. The molecule has 0 bridgehead atoms. The number of likely N-dealkylation sites (tertiary alicyclic amines) is 1. The summed E-state index contributed by atoms with van der Waals surface area (Å²) >= 11 is 0. The molecule has 0 saturated carbocycles. The summed E-state index contributed by atoms with van der Waals surface area (Å²) in [4.78, 5) is 17.1. The molecule has 0 radical (unpaired) electrons. The molecule has 1 fully saturated rings. The van der Waals surface area contributed by atoms with Gasteiger partial charge in [0.05, 0.1) is 6.20 Å². The van der Waals surface area contributed by atoms with E-state index in [4.69, 9.17) is 10.8 Å². The second kappa shape index (κ2) is 4.18. The number of carbonyl (C=O) groups excluding carboxylic acids is 1. The number of amides is 1. The molecule has 1 aromatic rings. The minimum absolute atomic E-state index is 0.0761. The number of hydrogen-bond acceptors (Lipinski definition) is 3. The van der Waals surface area contributed by atoms with Crippen LogP contribution in [-0.4, -0.2) is 28.9 Å². The Bertz CT molecular complexity index is 378. The summed E-state index contributed by atoms with van der Waals surface area (Å²) in [5, 5.41) is 0. The van der Waals surface area contributed by atoms with Gasteiger partial charge in [0.2, 0.25) is 5.91 Å². The normalized spacial score (nSPS) is 20.6. The number of hydrogen-bond donors (Lipinski definition) is 0. The van der Waals surface area contributed by atoms with Gasteiger partial charge in [-0.1, -0.05) is 0 Å². The van der Waals surface area contributed by atoms with Crippen molar-refractivity contribution < 1.29 is 9.21 Å². The van der Waals surface area contributed by atoms with Gasteiger partial charge in [-0.25, -0.2) is 4.98 Å². The second-order valence-corrected chi connectivity index (χ2v) is 3.63. The van der Waals surface area contributed by atoms with Crippen molar-refractivity contribution in [2.24, 2.45) is 5.92 Å². The van der Waals surface area contributed by atoms with E-state index in [0.29, 0.717) is 25.9 Å². The lowest BCUT2D eigenvalue weighted by atomic mass is 10.1. The number of terminal acetylenes is 1. The molecule has 1 saturated heterocycles. The molecule has 1 amide bonds. The average molecular weight is 204 g/mol. The van der Waals surface area contributed by atoms with E-state index < -0.39 is 0 Å². The van der Waals surface area contributed by atoms with Gasteiger partial charge in [0.15, 0.2) is 6.39 Å². The molecule has 2 rings (SSSR count). The van der Waals surface area contributed by atoms with E-state index in [-0.39, 0.29) is 11.8 Å². The van der Waals surface area contributed by atoms with Crippen LogP contribution in [0.3, 0.4) is 0 Å². The molecule has 0 aliphatic carbocycles. The van der Waals surface area contributed by atoms with E-state index in [0.717, 1.165) is 5.76 Å².